The Bertz CT molecular complexity index is 709. The van der Waals surface area contributed by atoms with Crippen molar-refractivity contribution < 1.29 is 14.7 Å². The fraction of sp³-hybridized carbons (Fsp3) is 0.278. The summed E-state index contributed by atoms with van der Waals surface area (Å²) in [4.78, 5) is 20.6. The van der Waals surface area contributed by atoms with Gasteiger partial charge in [0.05, 0.1) is 5.56 Å². The Labute approximate surface area is 152 Å². The fourth-order valence-corrected chi connectivity index (χ4v) is 2.47. The summed E-state index contributed by atoms with van der Waals surface area (Å²) in [6.07, 6.45) is 8.48. The van der Waals surface area contributed by atoms with Crippen LogP contribution in [0.4, 0.5) is 0 Å². The molecule has 0 atom stereocenters. The van der Waals surface area contributed by atoms with Crippen LogP contribution >= 0.6 is 11.8 Å². The van der Waals surface area contributed by atoms with E-state index < -0.39 is 5.97 Å². The normalized spacial score (nSPS) is 13.8. The van der Waals surface area contributed by atoms with Crippen molar-refractivity contribution in [2.45, 2.75) is 20.3 Å². The van der Waals surface area contributed by atoms with Crippen LogP contribution in [0.5, 0.6) is 0 Å². The van der Waals surface area contributed by atoms with Crippen LogP contribution in [0.2, 0.25) is 0 Å². The second kappa shape index (κ2) is 11.1. The summed E-state index contributed by atoms with van der Waals surface area (Å²) in [6.45, 7) is 4.25. The molecule has 134 valence electrons. The Balaban J connectivity index is 0.00000151. The van der Waals surface area contributed by atoms with E-state index in [-0.39, 0.29) is 18.0 Å². The van der Waals surface area contributed by atoms with Crippen LogP contribution in [-0.4, -0.2) is 34.8 Å². The molecule has 0 saturated heterocycles. The van der Waals surface area contributed by atoms with Crippen molar-refractivity contribution in [2.24, 2.45) is 15.9 Å². The summed E-state index contributed by atoms with van der Waals surface area (Å²) in [5.41, 5.74) is 7.43. The number of hydrogen-bond donors (Lipinski definition) is 2. The van der Waals surface area contributed by atoms with Gasteiger partial charge in [0.1, 0.15) is 11.7 Å². The average Bonchev–Trinajstić information content (AvgIpc) is 2.88. The average molecular weight is 361 g/mol. The molecule has 0 aliphatic carbocycles. The molecule has 0 unspecified atom stereocenters. The first-order valence-corrected chi connectivity index (χ1v) is 9.09. The van der Waals surface area contributed by atoms with Gasteiger partial charge in [-0.3, -0.25) is 0 Å². The maximum absolute atomic E-state index is 11.0. The van der Waals surface area contributed by atoms with Crippen LogP contribution in [0.25, 0.3) is 0 Å². The number of aliphatic imine (C=N–C) groups is 1. The highest BCUT2D eigenvalue weighted by Crippen LogP contribution is 2.15. The van der Waals surface area contributed by atoms with E-state index in [1.165, 1.54) is 23.9 Å². The van der Waals surface area contributed by atoms with Gasteiger partial charge in [-0.25, -0.2) is 9.79 Å². The molecule has 1 aliphatic heterocycles. The zero-order valence-electron chi connectivity index (χ0n) is 14.6. The Morgan fingerprint density at radius 3 is 2.80 bits per heavy atom. The molecule has 0 spiro atoms. The predicted molar refractivity (Wildman–Crippen MR) is 104 cm³/mol. The number of aromatic carboxylic acids is 1. The molecule has 2 rings (SSSR count). The molecule has 1 aromatic carbocycles. The number of carboxylic acids is 1. The highest BCUT2D eigenvalue weighted by Gasteiger charge is 2.09. The molecule has 25 heavy (non-hydrogen) atoms. The van der Waals surface area contributed by atoms with E-state index in [9.17, 15) is 4.79 Å². The molecule has 0 saturated carbocycles. The molecule has 0 radical (unpaired) electrons. The van der Waals surface area contributed by atoms with Crippen molar-refractivity contribution in [1.82, 2.24) is 0 Å². The molecule has 0 aromatic heterocycles. The van der Waals surface area contributed by atoms with Crippen molar-refractivity contribution in [3.05, 3.63) is 59.3 Å². The lowest BCUT2D eigenvalue weighted by atomic mass is 10.1. The predicted octanol–water partition coefficient (Wildman–Crippen LogP) is 3.65. The molecular weight excluding hydrogens is 338 g/mol. The SMILES string of the molecule is CC.CSC1=NC=CCC=C1CO/N=C(\N)c1cccc(C(=O)O)c1. The van der Waals surface area contributed by atoms with E-state index in [0.717, 1.165) is 17.0 Å². The van der Waals surface area contributed by atoms with Gasteiger partial charge in [-0.05, 0) is 24.8 Å². The summed E-state index contributed by atoms with van der Waals surface area (Å²) < 4.78 is 0. The van der Waals surface area contributed by atoms with Crippen LogP contribution in [0.3, 0.4) is 0 Å². The number of carboxylic acid groups (broad SMARTS) is 1. The van der Waals surface area contributed by atoms with Gasteiger partial charge in [-0.15, -0.1) is 11.8 Å². The van der Waals surface area contributed by atoms with Crippen LogP contribution in [0.1, 0.15) is 36.2 Å². The number of nitrogens with zero attached hydrogens (tertiary/aromatic N) is 2. The number of allylic oxidation sites excluding steroid dienone is 2. The Morgan fingerprint density at radius 2 is 2.12 bits per heavy atom. The monoisotopic (exact) mass is 361 g/mol. The van der Waals surface area contributed by atoms with Crippen molar-refractivity contribution in [3.63, 3.8) is 0 Å². The maximum atomic E-state index is 11.0. The minimum atomic E-state index is -1.02. The fourth-order valence-electron chi connectivity index (χ4n) is 1.90. The van der Waals surface area contributed by atoms with Crippen LogP contribution < -0.4 is 5.73 Å². The van der Waals surface area contributed by atoms with E-state index >= 15 is 0 Å². The van der Waals surface area contributed by atoms with Crippen LogP contribution in [-0.2, 0) is 4.84 Å². The molecule has 1 heterocycles. The van der Waals surface area contributed by atoms with Gasteiger partial charge in [0.15, 0.2) is 5.84 Å². The van der Waals surface area contributed by atoms with Crippen molar-refractivity contribution >= 4 is 28.6 Å². The summed E-state index contributed by atoms with van der Waals surface area (Å²) in [5.74, 6) is -0.888. The van der Waals surface area contributed by atoms with E-state index in [1.807, 2.05) is 32.3 Å². The summed E-state index contributed by atoms with van der Waals surface area (Å²) in [7, 11) is 0. The van der Waals surface area contributed by atoms with Crippen molar-refractivity contribution in [2.75, 3.05) is 12.9 Å². The minimum Gasteiger partial charge on any atom is -0.478 e. The second-order valence-corrected chi connectivity index (χ2v) is 5.42. The topological polar surface area (TPSA) is 97.3 Å². The van der Waals surface area contributed by atoms with Gasteiger partial charge in [0, 0.05) is 17.3 Å². The summed E-state index contributed by atoms with van der Waals surface area (Å²) >= 11 is 1.53. The van der Waals surface area contributed by atoms with Gasteiger partial charge >= 0.3 is 5.97 Å². The van der Waals surface area contributed by atoms with E-state index in [2.05, 4.69) is 10.1 Å². The smallest absolute Gasteiger partial charge is 0.335 e. The number of carbonyl (C=O) groups is 1. The highest BCUT2D eigenvalue weighted by molar-refractivity contribution is 8.13. The third kappa shape index (κ3) is 6.46. The van der Waals surface area contributed by atoms with Gasteiger partial charge in [0.25, 0.3) is 0 Å². The molecule has 0 amide bonds. The largest absolute Gasteiger partial charge is 0.478 e. The van der Waals surface area contributed by atoms with Crippen LogP contribution in [0.15, 0.2) is 58.3 Å². The second-order valence-electron chi connectivity index (χ2n) is 4.62. The van der Waals surface area contributed by atoms with E-state index in [0.29, 0.717) is 5.56 Å². The van der Waals surface area contributed by atoms with Gasteiger partial charge in [-0.2, -0.15) is 0 Å². The van der Waals surface area contributed by atoms with E-state index in [4.69, 9.17) is 15.7 Å². The van der Waals surface area contributed by atoms with Gasteiger partial charge in [0.2, 0.25) is 0 Å². The quantitative estimate of drug-likeness (QED) is 0.474. The lowest BCUT2D eigenvalue weighted by Gasteiger charge is -2.07. The lowest BCUT2D eigenvalue weighted by Crippen LogP contribution is -2.15. The third-order valence-corrected chi connectivity index (χ3v) is 3.81. The molecule has 6 nitrogen and oxygen atoms in total. The van der Waals surface area contributed by atoms with Crippen molar-refractivity contribution in [3.8, 4) is 0 Å². The molecule has 1 aliphatic rings. The number of amidine groups is 1. The zero-order valence-corrected chi connectivity index (χ0v) is 15.4. The number of rotatable bonds is 5. The van der Waals surface area contributed by atoms with Gasteiger partial charge < -0.3 is 15.7 Å². The minimum absolute atomic E-state index is 0.128. The highest BCUT2D eigenvalue weighted by atomic mass is 32.2. The molecule has 7 heteroatoms. The maximum Gasteiger partial charge on any atom is 0.335 e. The first kappa shape index (κ1) is 20.5. The van der Waals surface area contributed by atoms with Gasteiger partial charge in [-0.1, -0.05) is 43.3 Å². The number of oxime groups is 1. The van der Waals surface area contributed by atoms with Crippen molar-refractivity contribution in [1.29, 1.82) is 0 Å². The Hall–Kier alpha value is -2.54. The number of benzene rings is 1. The first-order chi connectivity index (χ1) is 12.1. The molecule has 1 aromatic rings. The molecular formula is C18H23N3O3S. The first-order valence-electron chi connectivity index (χ1n) is 7.87. The summed E-state index contributed by atoms with van der Waals surface area (Å²) in [5, 5.41) is 13.7. The number of hydrogen-bond acceptors (Lipinski definition) is 5. The molecule has 0 fully saturated rings. The number of nitrogens with two attached hydrogens (primary N) is 1. The zero-order chi connectivity index (χ0) is 18.7. The Kier molecular flexibility index (Phi) is 9.10. The number of thioether (sulfide) groups is 1. The Morgan fingerprint density at radius 1 is 1.40 bits per heavy atom. The summed E-state index contributed by atoms with van der Waals surface area (Å²) in [6, 6.07) is 6.23. The molecule has 3 N–H and O–H groups in total. The standard InChI is InChI=1S/C16H17N3O3S.C2H6/c1-23-15-13(5-2-3-8-18-15)10-22-19-14(17)11-6-4-7-12(9-11)16(20)21;1-2/h3-9H,2,10H2,1H3,(H2,17,19)(H,20,21);1-2H3. The third-order valence-electron chi connectivity index (χ3n) is 3.05. The lowest BCUT2D eigenvalue weighted by molar-refractivity contribution is 0.0697. The van der Waals surface area contributed by atoms with Crippen LogP contribution in [0, 0.1) is 0 Å². The molecule has 0 bridgehead atoms. The van der Waals surface area contributed by atoms with E-state index in [1.54, 1.807) is 18.3 Å².